The lowest BCUT2D eigenvalue weighted by atomic mass is 10.1. The van der Waals surface area contributed by atoms with E-state index in [0.717, 1.165) is 4.57 Å². The van der Waals surface area contributed by atoms with Crippen molar-refractivity contribution in [2.45, 2.75) is 40.4 Å². The van der Waals surface area contributed by atoms with E-state index in [1.807, 2.05) is 0 Å². The molecule has 0 aliphatic heterocycles. The van der Waals surface area contributed by atoms with E-state index < -0.39 is 23.8 Å². The van der Waals surface area contributed by atoms with Gasteiger partial charge in [0.05, 0.1) is 22.3 Å². The zero-order chi connectivity index (χ0) is 23.1. The van der Waals surface area contributed by atoms with E-state index in [-0.39, 0.29) is 22.6 Å². The van der Waals surface area contributed by atoms with Gasteiger partial charge in [-0.1, -0.05) is 17.7 Å². The van der Waals surface area contributed by atoms with Gasteiger partial charge in [-0.05, 0) is 45.4 Å². The molecule has 0 radical (unpaired) electrons. The molecule has 2 heterocycles. The van der Waals surface area contributed by atoms with Gasteiger partial charge in [-0.15, -0.1) is 0 Å². The molecule has 0 atom stereocenters. The van der Waals surface area contributed by atoms with Crippen molar-refractivity contribution in [1.29, 1.82) is 0 Å². The number of amides is 1. The van der Waals surface area contributed by atoms with Crippen molar-refractivity contribution >= 4 is 28.5 Å². The molecule has 0 N–H and O–H groups in total. The maximum absolute atomic E-state index is 13.8. The molecule has 1 amide bonds. The highest BCUT2D eigenvalue weighted by Gasteiger charge is 2.36. The average Bonchev–Trinajstić information content (AvgIpc) is 3.03. The van der Waals surface area contributed by atoms with Crippen LogP contribution in [0.5, 0.6) is 0 Å². The smallest absolute Gasteiger partial charge is 0.342 e. The quantitative estimate of drug-likeness (QED) is 0.576. The zero-order valence-electron chi connectivity index (χ0n) is 17.5. The number of hydrogen-bond acceptors (Lipinski definition) is 3. The number of likely N-dealkylation sites (N-methyl/N-ethyl adjacent to an activating group) is 1. The Labute approximate surface area is 181 Å². The number of benzene rings is 1. The minimum Gasteiger partial charge on any atom is -0.342 e. The maximum Gasteiger partial charge on any atom is 0.417 e. The van der Waals surface area contributed by atoms with Gasteiger partial charge in [0.15, 0.2) is 0 Å². The van der Waals surface area contributed by atoms with E-state index >= 15 is 0 Å². The third-order valence-corrected chi connectivity index (χ3v) is 5.69. The van der Waals surface area contributed by atoms with Crippen molar-refractivity contribution in [3.63, 3.8) is 0 Å². The first-order valence-corrected chi connectivity index (χ1v) is 10.1. The SMILES string of the molecule is CCN(CC)C(=O)Cn1c(=O)cc(C(F)(F)F)c2c(C)nn(-c3cccc(Cl)c3C)c21. The number of aryl methyl sites for hydroxylation is 1. The predicted molar refractivity (Wildman–Crippen MR) is 113 cm³/mol. The average molecular weight is 455 g/mol. The third kappa shape index (κ3) is 4.06. The van der Waals surface area contributed by atoms with E-state index in [0.29, 0.717) is 35.4 Å². The first kappa shape index (κ1) is 22.9. The summed E-state index contributed by atoms with van der Waals surface area (Å²) in [7, 11) is 0. The molecule has 0 spiro atoms. The topological polar surface area (TPSA) is 60.1 Å². The molecular formula is C21H22ClF3N4O2. The van der Waals surface area contributed by atoms with Crippen LogP contribution < -0.4 is 5.56 Å². The Kier molecular flexibility index (Phi) is 6.18. The number of hydrogen-bond donors (Lipinski definition) is 0. The molecule has 3 rings (SSSR count). The van der Waals surface area contributed by atoms with Gasteiger partial charge >= 0.3 is 6.18 Å². The molecule has 2 aromatic heterocycles. The van der Waals surface area contributed by atoms with Crippen LogP contribution in [0.15, 0.2) is 29.1 Å². The predicted octanol–water partition coefficient (Wildman–Crippen LogP) is 4.34. The van der Waals surface area contributed by atoms with Crippen LogP contribution in [-0.2, 0) is 17.5 Å². The number of alkyl halides is 3. The summed E-state index contributed by atoms with van der Waals surface area (Å²) in [6, 6.07) is 5.47. The zero-order valence-corrected chi connectivity index (χ0v) is 18.3. The largest absolute Gasteiger partial charge is 0.417 e. The normalized spacial score (nSPS) is 11.9. The fourth-order valence-electron chi connectivity index (χ4n) is 3.64. The molecule has 6 nitrogen and oxygen atoms in total. The van der Waals surface area contributed by atoms with Gasteiger partial charge in [-0.25, -0.2) is 4.68 Å². The second-order valence-corrected chi connectivity index (χ2v) is 7.53. The molecule has 0 bridgehead atoms. The Morgan fingerprint density at radius 2 is 1.84 bits per heavy atom. The van der Waals surface area contributed by atoms with E-state index in [2.05, 4.69) is 5.10 Å². The Bertz CT molecular complexity index is 1210. The van der Waals surface area contributed by atoms with Gasteiger partial charge in [0.2, 0.25) is 5.91 Å². The number of carbonyl (C=O) groups excluding carboxylic acids is 1. The van der Waals surface area contributed by atoms with E-state index in [1.165, 1.54) is 16.5 Å². The molecule has 3 aromatic rings. The number of carbonyl (C=O) groups is 1. The number of rotatable bonds is 5. The molecule has 31 heavy (non-hydrogen) atoms. The molecule has 0 unspecified atom stereocenters. The second kappa shape index (κ2) is 8.37. The lowest BCUT2D eigenvalue weighted by Crippen LogP contribution is -2.37. The maximum atomic E-state index is 13.8. The summed E-state index contributed by atoms with van der Waals surface area (Å²) < 4.78 is 43.7. The highest BCUT2D eigenvalue weighted by atomic mass is 35.5. The Hall–Kier alpha value is -2.81. The van der Waals surface area contributed by atoms with Crippen LogP contribution in [0.25, 0.3) is 16.7 Å². The van der Waals surface area contributed by atoms with Crippen molar-refractivity contribution in [3.05, 3.63) is 56.5 Å². The third-order valence-electron chi connectivity index (χ3n) is 5.28. The van der Waals surface area contributed by atoms with E-state index in [4.69, 9.17) is 11.6 Å². The van der Waals surface area contributed by atoms with E-state index in [9.17, 15) is 22.8 Å². The molecule has 0 aliphatic rings. The molecule has 0 saturated heterocycles. The highest BCUT2D eigenvalue weighted by molar-refractivity contribution is 6.31. The van der Waals surface area contributed by atoms with Gasteiger partial charge in [-0.2, -0.15) is 18.3 Å². The van der Waals surface area contributed by atoms with Gasteiger partial charge in [-0.3, -0.25) is 14.2 Å². The lowest BCUT2D eigenvalue weighted by molar-refractivity contribution is -0.136. The first-order valence-electron chi connectivity index (χ1n) is 9.74. The molecule has 166 valence electrons. The number of fused-ring (bicyclic) bond motifs is 1. The molecular weight excluding hydrogens is 433 g/mol. The molecule has 10 heteroatoms. The minimum atomic E-state index is -4.76. The van der Waals surface area contributed by atoms with Gasteiger partial charge in [0.25, 0.3) is 5.56 Å². The fourth-order valence-corrected chi connectivity index (χ4v) is 3.81. The molecule has 1 aromatic carbocycles. The Balaban J connectivity index is 2.41. The van der Waals surface area contributed by atoms with Crippen LogP contribution in [0.4, 0.5) is 13.2 Å². The summed E-state index contributed by atoms with van der Waals surface area (Å²) in [6.07, 6.45) is -4.76. The highest BCUT2D eigenvalue weighted by Crippen LogP contribution is 2.36. The summed E-state index contributed by atoms with van der Waals surface area (Å²) in [6.45, 7) is 7.15. The number of nitrogens with zero attached hydrogens (tertiary/aromatic N) is 4. The molecule has 0 saturated carbocycles. The lowest BCUT2D eigenvalue weighted by Gasteiger charge is -2.21. The summed E-state index contributed by atoms with van der Waals surface area (Å²) in [4.78, 5) is 27.0. The van der Waals surface area contributed by atoms with Crippen molar-refractivity contribution in [2.24, 2.45) is 0 Å². The fraction of sp³-hybridized carbons (Fsp3) is 0.381. The standard InChI is InChI=1S/C21H22ClF3N4O2/c1-5-27(6-2)18(31)11-28-17(30)10-14(21(23,24)25)19-13(4)26-29(20(19)28)16-9-7-8-15(22)12(16)3/h7-10H,5-6,11H2,1-4H3. The van der Waals surface area contributed by atoms with Crippen molar-refractivity contribution in [1.82, 2.24) is 19.2 Å². The molecule has 0 aliphatic carbocycles. The van der Waals surface area contributed by atoms with Crippen molar-refractivity contribution in [2.75, 3.05) is 13.1 Å². The monoisotopic (exact) mass is 454 g/mol. The molecule has 0 fully saturated rings. The summed E-state index contributed by atoms with van der Waals surface area (Å²) in [5, 5.41) is 4.48. The Morgan fingerprint density at radius 3 is 2.42 bits per heavy atom. The van der Waals surface area contributed by atoms with Crippen LogP contribution in [0.3, 0.4) is 0 Å². The summed E-state index contributed by atoms with van der Waals surface area (Å²) in [5.74, 6) is -0.374. The summed E-state index contributed by atoms with van der Waals surface area (Å²) in [5.41, 5.74) is -1.01. The number of pyridine rings is 1. The van der Waals surface area contributed by atoms with Crippen LogP contribution in [0, 0.1) is 13.8 Å². The van der Waals surface area contributed by atoms with Crippen LogP contribution >= 0.6 is 11.6 Å². The summed E-state index contributed by atoms with van der Waals surface area (Å²) >= 11 is 6.21. The van der Waals surface area contributed by atoms with Gasteiger partial charge in [0.1, 0.15) is 12.2 Å². The first-order chi connectivity index (χ1) is 14.5. The van der Waals surface area contributed by atoms with Crippen LogP contribution in [-0.4, -0.2) is 38.2 Å². The van der Waals surface area contributed by atoms with Gasteiger partial charge < -0.3 is 4.90 Å². The van der Waals surface area contributed by atoms with E-state index in [1.54, 1.807) is 39.0 Å². The number of aromatic nitrogens is 3. The van der Waals surface area contributed by atoms with Crippen molar-refractivity contribution in [3.8, 4) is 5.69 Å². The van der Waals surface area contributed by atoms with Gasteiger partial charge in [0, 0.05) is 24.2 Å². The minimum absolute atomic E-state index is 0.0886. The Morgan fingerprint density at radius 1 is 1.19 bits per heavy atom. The van der Waals surface area contributed by atoms with Crippen molar-refractivity contribution < 1.29 is 18.0 Å². The van der Waals surface area contributed by atoms with Crippen LogP contribution in [0.2, 0.25) is 5.02 Å². The number of halogens is 4. The second-order valence-electron chi connectivity index (χ2n) is 7.13. The van der Waals surface area contributed by atoms with Crippen LogP contribution in [0.1, 0.15) is 30.7 Å².